The quantitative estimate of drug-likeness (QED) is 0.311. The monoisotopic (exact) mass is 508 g/mol. The summed E-state index contributed by atoms with van der Waals surface area (Å²) in [5.41, 5.74) is 3.54. The van der Waals surface area contributed by atoms with E-state index in [-0.39, 0.29) is 0 Å². The number of methoxy groups -OCH3 is 1. The van der Waals surface area contributed by atoms with E-state index in [1.54, 1.807) is 12.1 Å². The second-order valence-electron chi connectivity index (χ2n) is 7.73. The standard InChI is InChI=1S/C27H25ClN2O4S/c1-3-33-22-15-19(11-14-21(22)34-16-17-7-5-4-6-8-17)25-23(26(31)32-2)24(29-27(35)30-25)18-9-12-20(28)13-10-18/h4-15,25H,3,16H2,1-2H3,(H2,29,30,35)/t25-/m0/s1. The molecule has 1 atom stereocenters. The number of esters is 1. The Morgan fingerprint density at radius 1 is 1.00 bits per heavy atom. The molecule has 0 saturated heterocycles. The van der Waals surface area contributed by atoms with Gasteiger partial charge in [0.2, 0.25) is 0 Å². The van der Waals surface area contributed by atoms with Crippen LogP contribution in [0, 0.1) is 0 Å². The summed E-state index contributed by atoms with van der Waals surface area (Å²) >= 11 is 11.5. The van der Waals surface area contributed by atoms with Crippen LogP contribution in [-0.4, -0.2) is 24.8 Å². The summed E-state index contributed by atoms with van der Waals surface area (Å²) in [5, 5.41) is 7.28. The van der Waals surface area contributed by atoms with E-state index >= 15 is 0 Å². The first-order valence-electron chi connectivity index (χ1n) is 11.1. The number of carbonyl (C=O) groups is 1. The molecule has 1 aliphatic rings. The lowest BCUT2D eigenvalue weighted by atomic mass is 9.92. The first-order chi connectivity index (χ1) is 17.0. The Morgan fingerprint density at radius 3 is 2.43 bits per heavy atom. The third-order valence-electron chi connectivity index (χ3n) is 5.45. The highest BCUT2D eigenvalue weighted by Gasteiger charge is 2.33. The van der Waals surface area contributed by atoms with E-state index in [2.05, 4.69) is 10.6 Å². The van der Waals surface area contributed by atoms with Gasteiger partial charge < -0.3 is 24.8 Å². The van der Waals surface area contributed by atoms with Gasteiger partial charge in [-0.15, -0.1) is 0 Å². The smallest absolute Gasteiger partial charge is 0.338 e. The molecule has 1 aliphatic heterocycles. The van der Waals surface area contributed by atoms with Crippen LogP contribution in [0.3, 0.4) is 0 Å². The Kier molecular flexibility index (Phi) is 7.90. The van der Waals surface area contributed by atoms with Crippen molar-refractivity contribution in [3.8, 4) is 11.5 Å². The lowest BCUT2D eigenvalue weighted by molar-refractivity contribution is -0.136. The molecule has 4 rings (SSSR count). The Labute approximate surface area is 214 Å². The van der Waals surface area contributed by atoms with E-state index in [0.29, 0.717) is 46.1 Å². The number of rotatable bonds is 8. The summed E-state index contributed by atoms with van der Waals surface area (Å²) in [6.07, 6.45) is 0. The van der Waals surface area contributed by atoms with E-state index in [1.165, 1.54) is 7.11 Å². The van der Waals surface area contributed by atoms with Crippen molar-refractivity contribution in [1.29, 1.82) is 0 Å². The van der Waals surface area contributed by atoms with E-state index < -0.39 is 12.0 Å². The highest BCUT2D eigenvalue weighted by atomic mass is 35.5. The van der Waals surface area contributed by atoms with Crippen LogP contribution >= 0.6 is 23.8 Å². The van der Waals surface area contributed by atoms with Gasteiger partial charge in [-0.2, -0.15) is 0 Å². The molecule has 0 fully saturated rings. The van der Waals surface area contributed by atoms with Crippen LogP contribution in [-0.2, 0) is 16.1 Å². The van der Waals surface area contributed by atoms with Crippen molar-refractivity contribution < 1.29 is 19.0 Å². The molecule has 0 saturated carbocycles. The molecule has 2 N–H and O–H groups in total. The minimum absolute atomic E-state index is 0.384. The van der Waals surface area contributed by atoms with Crippen LogP contribution in [0.15, 0.2) is 78.4 Å². The summed E-state index contributed by atoms with van der Waals surface area (Å²) in [6.45, 7) is 2.77. The van der Waals surface area contributed by atoms with E-state index in [1.807, 2.05) is 67.6 Å². The zero-order chi connectivity index (χ0) is 24.8. The molecule has 0 bridgehead atoms. The van der Waals surface area contributed by atoms with Crippen molar-refractivity contribution in [2.75, 3.05) is 13.7 Å². The lowest BCUT2D eigenvalue weighted by Gasteiger charge is -2.31. The molecule has 0 aliphatic carbocycles. The topological polar surface area (TPSA) is 68.8 Å². The normalized spacial score (nSPS) is 15.2. The van der Waals surface area contributed by atoms with Gasteiger partial charge >= 0.3 is 5.97 Å². The van der Waals surface area contributed by atoms with Gasteiger partial charge in [-0.25, -0.2) is 4.79 Å². The number of benzene rings is 3. The van der Waals surface area contributed by atoms with Crippen LogP contribution in [0.2, 0.25) is 5.02 Å². The van der Waals surface area contributed by atoms with Crippen molar-refractivity contribution in [2.24, 2.45) is 0 Å². The molecular formula is C27H25ClN2O4S. The van der Waals surface area contributed by atoms with Crippen LogP contribution in [0.1, 0.15) is 29.7 Å². The van der Waals surface area contributed by atoms with Gasteiger partial charge in [0, 0.05) is 5.02 Å². The molecule has 1 heterocycles. The molecule has 3 aromatic carbocycles. The minimum atomic E-state index is -0.566. The Morgan fingerprint density at radius 2 is 1.74 bits per heavy atom. The maximum atomic E-state index is 13.0. The van der Waals surface area contributed by atoms with E-state index in [0.717, 1.165) is 16.7 Å². The van der Waals surface area contributed by atoms with Gasteiger partial charge in [0.1, 0.15) is 6.61 Å². The molecule has 8 heteroatoms. The molecule has 0 unspecified atom stereocenters. The summed E-state index contributed by atoms with van der Waals surface area (Å²) in [6, 6.07) is 22.1. The molecule has 0 radical (unpaired) electrons. The largest absolute Gasteiger partial charge is 0.490 e. The van der Waals surface area contributed by atoms with Gasteiger partial charge in [0.25, 0.3) is 0 Å². The first-order valence-corrected chi connectivity index (χ1v) is 11.9. The Balaban J connectivity index is 1.73. The SMILES string of the molecule is CCOc1cc([C@@H]2NC(=S)NC(c3ccc(Cl)cc3)=C2C(=O)OC)ccc1OCc1ccccc1. The molecule has 35 heavy (non-hydrogen) atoms. The fourth-order valence-electron chi connectivity index (χ4n) is 3.82. The average Bonchev–Trinajstić information content (AvgIpc) is 2.88. The fourth-order valence-corrected chi connectivity index (χ4v) is 4.16. The second-order valence-corrected chi connectivity index (χ2v) is 8.58. The summed E-state index contributed by atoms with van der Waals surface area (Å²) in [7, 11) is 1.35. The van der Waals surface area contributed by atoms with Gasteiger partial charge in [-0.05, 0) is 60.1 Å². The second kappa shape index (κ2) is 11.3. The molecule has 0 amide bonds. The van der Waals surface area contributed by atoms with Crippen molar-refractivity contribution in [1.82, 2.24) is 10.6 Å². The van der Waals surface area contributed by atoms with Gasteiger partial charge in [0.15, 0.2) is 16.6 Å². The third-order valence-corrected chi connectivity index (χ3v) is 5.92. The van der Waals surface area contributed by atoms with E-state index in [9.17, 15) is 4.79 Å². The third kappa shape index (κ3) is 5.75. The number of hydrogen-bond acceptors (Lipinski definition) is 5. The van der Waals surface area contributed by atoms with Crippen LogP contribution < -0.4 is 20.1 Å². The van der Waals surface area contributed by atoms with Crippen LogP contribution in [0.4, 0.5) is 0 Å². The zero-order valence-electron chi connectivity index (χ0n) is 19.3. The predicted octanol–water partition coefficient (Wildman–Crippen LogP) is 5.42. The summed E-state index contributed by atoms with van der Waals surface area (Å²) in [5.74, 6) is 0.701. The van der Waals surface area contributed by atoms with E-state index in [4.69, 9.17) is 38.0 Å². The molecule has 6 nitrogen and oxygen atoms in total. The lowest BCUT2D eigenvalue weighted by Crippen LogP contribution is -2.45. The van der Waals surface area contributed by atoms with Crippen LogP contribution in [0.25, 0.3) is 5.70 Å². The van der Waals surface area contributed by atoms with Gasteiger partial charge in [-0.3, -0.25) is 0 Å². The number of thiocarbonyl (C=S) groups is 1. The average molecular weight is 509 g/mol. The summed E-state index contributed by atoms with van der Waals surface area (Å²) in [4.78, 5) is 13.0. The Bertz CT molecular complexity index is 1250. The number of nitrogens with one attached hydrogen (secondary N) is 2. The van der Waals surface area contributed by atoms with Crippen LogP contribution in [0.5, 0.6) is 11.5 Å². The minimum Gasteiger partial charge on any atom is -0.490 e. The highest BCUT2D eigenvalue weighted by molar-refractivity contribution is 7.80. The molecule has 0 aromatic heterocycles. The maximum Gasteiger partial charge on any atom is 0.338 e. The first kappa shape index (κ1) is 24.6. The fraction of sp³-hybridized carbons (Fsp3) is 0.185. The number of halogens is 1. The number of carbonyl (C=O) groups excluding carboxylic acids is 1. The van der Waals surface area contributed by atoms with Crippen molar-refractivity contribution in [3.63, 3.8) is 0 Å². The predicted molar refractivity (Wildman–Crippen MR) is 140 cm³/mol. The van der Waals surface area contributed by atoms with Crippen molar-refractivity contribution in [2.45, 2.75) is 19.6 Å². The maximum absolute atomic E-state index is 13.0. The number of hydrogen-bond donors (Lipinski definition) is 2. The Hall–Kier alpha value is -3.55. The summed E-state index contributed by atoms with van der Waals surface area (Å²) < 4.78 is 17.1. The molecule has 180 valence electrons. The van der Waals surface area contributed by atoms with Crippen molar-refractivity contribution in [3.05, 3.63) is 100 Å². The number of ether oxygens (including phenoxy) is 3. The zero-order valence-corrected chi connectivity index (χ0v) is 20.9. The van der Waals surface area contributed by atoms with Crippen molar-refractivity contribution >= 4 is 40.6 Å². The highest BCUT2D eigenvalue weighted by Crippen LogP contribution is 2.37. The molecule has 0 spiro atoms. The van der Waals surface area contributed by atoms with Gasteiger partial charge in [-0.1, -0.05) is 60.1 Å². The van der Waals surface area contributed by atoms with Gasteiger partial charge in [0.05, 0.1) is 31.0 Å². The molecular weight excluding hydrogens is 484 g/mol. The molecule has 3 aromatic rings.